The number of carbonyl (C=O) groups excluding carboxylic acids is 1. The maximum absolute atomic E-state index is 13.3. The van der Waals surface area contributed by atoms with Gasteiger partial charge >= 0.3 is 0 Å². The Kier molecular flexibility index (Phi) is 6.24. The molecule has 1 saturated heterocycles. The van der Waals surface area contributed by atoms with Crippen molar-refractivity contribution >= 4 is 27.3 Å². The molecule has 1 aliphatic rings. The van der Waals surface area contributed by atoms with Crippen LogP contribution in [0.15, 0.2) is 58.2 Å². The molecule has 0 radical (unpaired) electrons. The summed E-state index contributed by atoms with van der Waals surface area (Å²) in [6.07, 6.45) is 4.48. The molecule has 4 rings (SSSR count). The Hall–Kier alpha value is -3.24. The van der Waals surface area contributed by atoms with E-state index in [1.807, 2.05) is 0 Å². The lowest BCUT2D eigenvalue weighted by Gasteiger charge is -2.30. The fraction of sp³-hybridized carbons (Fsp3) is 0.318. The molecule has 1 amide bonds. The topological polar surface area (TPSA) is 109 Å². The minimum absolute atomic E-state index is 0.0835. The number of nitrogens with zero attached hydrogens (tertiary/aromatic N) is 4. The molecule has 0 bridgehead atoms. The molecule has 1 aromatic heterocycles. The molecule has 1 aliphatic heterocycles. The monoisotopic (exact) mass is 455 g/mol. The highest BCUT2D eigenvalue weighted by Gasteiger charge is 2.24. The van der Waals surface area contributed by atoms with Crippen LogP contribution in [-0.2, 0) is 10.0 Å². The second-order valence-electron chi connectivity index (χ2n) is 7.79. The van der Waals surface area contributed by atoms with Gasteiger partial charge in [0.25, 0.3) is 5.91 Å². The first kappa shape index (κ1) is 22.0. The van der Waals surface area contributed by atoms with Crippen LogP contribution in [0.2, 0.25) is 0 Å². The Morgan fingerprint density at radius 1 is 1.06 bits per heavy atom. The Balaban J connectivity index is 1.65. The molecule has 1 N–H and O–H groups in total. The van der Waals surface area contributed by atoms with Gasteiger partial charge in [-0.2, -0.15) is 0 Å². The summed E-state index contributed by atoms with van der Waals surface area (Å²) in [5.74, 6) is 0.0174. The molecular weight excluding hydrogens is 430 g/mol. The van der Waals surface area contributed by atoms with Crippen molar-refractivity contribution in [1.29, 1.82) is 0 Å². The highest BCUT2D eigenvalue weighted by molar-refractivity contribution is 7.89. The van der Waals surface area contributed by atoms with Gasteiger partial charge in [-0.3, -0.25) is 4.79 Å². The summed E-state index contributed by atoms with van der Waals surface area (Å²) in [4.78, 5) is 15.5. The van der Waals surface area contributed by atoms with E-state index < -0.39 is 10.0 Å². The Labute approximate surface area is 187 Å². The maximum Gasteiger partial charge on any atom is 0.257 e. The predicted octanol–water partition coefficient (Wildman–Crippen LogP) is 3.23. The molecule has 32 heavy (non-hydrogen) atoms. The van der Waals surface area contributed by atoms with E-state index in [1.165, 1.54) is 26.6 Å². The average Bonchev–Trinajstić information content (AvgIpc) is 3.34. The molecule has 0 saturated carbocycles. The van der Waals surface area contributed by atoms with Crippen LogP contribution in [0.4, 0.5) is 11.4 Å². The van der Waals surface area contributed by atoms with Crippen molar-refractivity contribution in [3.8, 4) is 11.5 Å². The quantitative estimate of drug-likeness (QED) is 0.608. The van der Waals surface area contributed by atoms with E-state index in [0.29, 0.717) is 17.1 Å². The van der Waals surface area contributed by atoms with Crippen LogP contribution >= 0.6 is 0 Å². The number of amides is 1. The minimum atomic E-state index is -3.67. The predicted molar refractivity (Wildman–Crippen MR) is 121 cm³/mol. The van der Waals surface area contributed by atoms with Gasteiger partial charge in [0.2, 0.25) is 22.3 Å². The Bertz CT molecular complexity index is 1190. The van der Waals surface area contributed by atoms with Gasteiger partial charge in [-0.05, 0) is 61.7 Å². The van der Waals surface area contributed by atoms with Gasteiger partial charge in [0.05, 0.1) is 10.5 Å². The van der Waals surface area contributed by atoms with Gasteiger partial charge in [0, 0.05) is 44.1 Å². The summed E-state index contributed by atoms with van der Waals surface area (Å²) in [5.41, 5.74) is 2.37. The number of sulfonamides is 1. The highest BCUT2D eigenvalue weighted by Crippen LogP contribution is 2.29. The third-order valence-corrected chi connectivity index (χ3v) is 7.25. The van der Waals surface area contributed by atoms with E-state index in [9.17, 15) is 13.2 Å². The number of hydrogen-bond acceptors (Lipinski definition) is 7. The van der Waals surface area contributed by atoms with Crippen LogP contribution < -0.4 is 10.2 Å². The van der Waals surface area contributed by atoms with Gasteiger partial charge in [-0.15, -0.1) is 10.2 Å². The third-order valence-electron chi connectivity index (χ3n) is 5.44. The van der Waals surface area contributed by atoms with E-state index in [0.717, 1.165) is 47.9 Å². The van der Waals surface area contributed by atoms with E-state index in [1.54, 1.807) is 36.4 Å². The summed E-state index contributed by atoms with van der Waals surface area (Å²) < 4.78 is 31.6. The number of piperidine rings is 1. The minimum Gasteiger partial charge on any atom is -0.423 e. The first-order chi connectivity index (χ1) is 15.4. The molecule has 0 atom stereocenters. The largest absolute Gasteiger partial charge is 0.423 e. The summed E-state index contributed by atoms with van der Waals surface area (Å²) in [6.45, 7) is 1.66. The van der Waals surface area contributed by atoms with Gasteiger partial charge in [0.1, 0.15) is 0 Å². The van der Waals surface area contributed by atoms with E-state index >= 15 is 0 Å². The number of rotatable bonds is 6. The lowest BCUT2D eigenvalue weighted by molar-refractivity contribution is 0.102. The molecule has 2 aromatic carbocycles. The summed E-state index contributed by atoms with van der Waals surface area (Å²) in [7, 11) is -0.731. The van der Waals surface area contributed by atoms with E-state index in [2.05, 4.69) is 20.4 Å². The number of aromatic nitrogens is 2. The van der Waals surface area contributed by atoms with Crippen LogP contribution in [0.3, 0.4) is 0 Å². The van der Waals surface area contributed by atoms with Crippen molar-refractivity contribution in [2.75, 3.05) is 37.4 Å². The van der Waals surface area contributed by atoms with Gasteiger partial charge in [-0.25, -0.2) is 12.7 Å². The van der Waals surface area contributed by atoms with E-state index in [-0.39, 0.29) is 10.8 Å². The van der Waals surface area contributed by atoms with Crippen molar-refractivity contribution in [3.05, 3.63) is 54.4 Å². The van der Waals surface area contributed by atoms with Crippen LogP contribution in [0.1, 0.15) is 29.6 Å². The van der Waals surface area contributed by atoms with Crippen LogP contribution in [0.5, 0.6) is 0 Å². The molecule has 10 heteroatoms. The third kappa shape index (κ3) is 4.51. The van der Waals surface area contributed by atoms with Crippen LogP contribution in [0, 0.1) is 0 Å². The number of anilines is 2. The van der Waals surface area contributed by atoms with Gasteiger partial charge < -0.3 is 14.6 Å². The molecule has 1 fully saturated rings. The number of hydrogen-bond donors (Lipinski definition) is 1. The van der Waals surface area contributed by atoms with Crippen molar-refractivity contribution in [1.82, 2.24) is 14.5 Å². The molecule has 0 unspecified atom stereocenters. The molecule has 2 heterocycles. The first-order valence-electron chi connectivity index (χ1n) is 10.4. The van der Waals surface area contributed by atoms with Crippen molar-refractivity contribution in [2.24, 2.45) is 0 Å². The summed E-state index contributed by atoms with van der Waals surface area (Å²) in [6, 6.07) is 11.8. The van der Waals surface area contributed by atoms with Crippen LogP contribution in [-0.4, -0.2) is 56.0 Å². The fourth-order valence-corrected chi connectivity index (χ4v) is 4.60. The van der Waals surface area contributed by atoms with Crippen molar-refractivity contribution in [2.45, 2.75) is 24.2 Å². The maximum atomic E-state index is 13.3. The zero-order valence-electron chi connectivity index (χ0n) is 18.0. The summed E-state index contributed by atoms with van der Waals surface area (Å²) in [5, 5.41) is 10.4. The highest BCUT2D eigenvalue weighted by atomic mass is 32.2. The molecule has 0 aliphatic carbocycles. The molecule has 168 valence electrons. The van der Waals surface area contributed by atoms with Crippen molar-refractivity contribution < 1.29 is 17.6 Å². The zero-order chi connectivity index (χ0) is 22.7. The second kappa shape index (κ2) is 9.09. The van der Waals surface area contributed by atoms with Crippen LogP contribution in [0.25, 0.3) is 11.5 Å². The number of carbonyl (C=O) groups is 1. The Morgan fingerprint density at radius 3 is 2.41 bits per heavy atom. The zero-order valence-corrected chi connectivity index (χ0v) is 18.8. The lowest BCUT2D eigenvalue weighted by atomic mass is 10.1. The molecule has 9 nitrogen and oxygen atoms in total. The number of nitrogens with one attached hydrogen (secondary N) is 1. The average molecular weight is 456 g/mol. The number of benzene rings is 2. The SMILES string of the molecule is CN(C)S(=O)(=O)c1ccc(N2CCCCC2)c(C(=O)Nc2ccc(-c3nnco3)cc2)c1. The van der Waals surface area contributed by atoms with Gasteiger partial charge in [0.15, 0.2) is 0 Å². The second-order valence-corrected chi connectivity index (χ2v) is 9.94. The molecule has 3 aromatic rings. The standard InChI is InChI=1S/C22H25N5O4S/c1-26(2)32(29,30)18-10-11-20(27-12-4-3-5-13-27)19(14-18)21(28)24-17-8-6-16(7-9-17)22-25-23-15-31-22/h6-11,14-15H,3-5,12-13H2,1-2H3,(H,24,28). The smallest absolute Gasteiger partial charge is 0.257 e. The molecule has 0 spiro atoms. The fourth-order valence-electron chi connectivity index (χ4n) is 3.67. The van der Waals surface area contributed by atoms with Crippen molar-refractivity contribution in [3.63, 3.8) is 0 Å². The molecular formula is C22H25N5O4S. The lowest BCUT2D eigenvalue weighted by Crippen LogP contribution is -2.32. The first-order valence-corrected chi connectivity index (χ1v) is 11.8. The van der Waals surface area contributed by atoms with E-state index in [4.69, 9.17) is 4.42 Å². The summed E-state index contributed by atoms with van der Waals surface area (Å²) >= 11 is 0. The normalized spacial score (nSPS) is 14.5. The Morgan fingerprint density at radius 2 is 1.78 bits per heavy atom. The van der Waals surface area contributed by atoms with Gasteiger partial charge in [-0.1, -0.05) is 0 Å².